The van der Waals surface area contributed by atoms with Gasteiger partial charge in [0.15, 0.2) is 0 Å². The lowest BCUT2D eigenvalue weighted by Gasteiger charge is -2.19. The lowest BCUT2D eigenvalue weighted by molar-refractivity contribution is 0.283. The van der Waals surface area contributed by atoms with E-state index in [2.05, 4.69) is 31.3 Å². The molecular formula is C10H18BrN5O. The smallest absolute Gasteiger partial charge is 0.239 e. The first-order valence-electron chi connectivity index (χ1n) is 5.50. The van der Waals surface area contributed by atoms with Crippen molar-refractivity contribution in [3.63, 3.8) is 0 Å². The zero-order valence-corrected chi connectivity index (χ0v) is 11.4. The summed E-state index contributed by atoms with van der Waals surface area (Å²) in [7, 11) is 1.96. The molecule has 6 nitrogen and oxygen atoms in total. The summed E-state index contributed by atoms with van der Waals surface area (Å²) in [6.45, 7) is 1.13. The van der Waals surface area contributed by atoms with Gasteiger partial charge in [0.05, 0.1) is 4.47 Å². The van der Waals surface area contributed by atoms with E-state index in [0.717, 1.165) is 36.1 Å². The maximum atomic E-state index is 8.70. The van der Waals surface area contributed by atoms with Gasteiger partial charge in [-0.05, 0) is 35.2 Å². The Morgan fingerprint density at radius 1 is 1.47 bits per heavy atom. The molecule has 4 N–H and O–H groups in total. The first kappa shape index (κ1) is 14.1. The standard InChI is InChI=1S/C10H18BrN5O/c1-16(5-3-2-4-6-17)9-8(11)7-13-10(14-9)15-12/h7,17H,2-6,12H2,1H3,(H,13,14,15). The van der Waals surface area contributed by atoms with E-state index in [-0.39, 0.29) is 6.61 Å². The number of hydrogen-bond donors (Lipinski definition) is 3. The first-order chi connectivity index (χ1) is 8.19. The van der Waals surface area contributed by atoms with Crippen molar-refractivity contribution in [3.8, 4) is 0 Å². The van der Waals surface area contributed by atoms with Crippen LogP contribution in [0.4, 0.5) is 11.8 Å². The Kier molecular flexibility index (Phi) is 6.17. The van der Waals surface area contributed by atoms with E-state index in [1.807, 2.05) is 11.9 Å². The molecule has 0 aliphatic carbocycles. The molecule has 0 bridgehead atoms. The molecule has 96 valence electrons. The second-order valence-corrected chi connectivity index (χ2v) is 4.57. The number of nitrogens with zero attached hydrogens (tertiary/aromatic N) is 3. The molecule has 7 heteroatoms. The molecule has 1 heterocycles. The van der Waals surface area contributed by atoms with Gasteiger partial charge in [-0.15, -0.1) is 0 Å². The second kappa shape index (κ2) is 7.41. The highest BCUT2D eigenvalue weighted by Crippen LogP contribution is 2.23. The SMILES string of the molecule is CN(CCCCCO)c1nc(NN)ncc1Br. The number of nitrogens with one attached hydrogen (secondary N) is 1. The molecule has 0 aromatic carbocycles. The van der Waals surface area contributed by atoms with Crippen LogP contribution in [0.5, 0.6) is 0 Å². The molecular weight excluding hydrogens is 286 g/mol. The number of hydrazine groups is 1. The lowest BCUT2D eigenvalue weighted by atomic mass is 10.2. The number of aromatic nitrogens is 2. The quantitative estimate of drug-likeness (QED) is 0.397. The van der Waals surface area contributed by atoms with Crippen LogP contribution in [0.3, 0.4) is 0 Å². The third kappa shape index (κ3) is 4.45. The zero-order chi connectivity index (χ0) is 12.7. The molecule has 0 aliphatic heterocycles. The van der Waals surface area contributed by atoms with Crippen molar-refractivity contribution in [1.29, 1.82) is 0 Å². The van der Waals surface area contributed by atoms with Gasteiger partial charge in [0.1, 0.15) is 5.82 Å². The van der Waals surface area contributed by atoms with Gasteiger partial charge in [-0.25, -0.2) is 10.8 Å². The van der Waals surface area contributed by atoms with Gasteiger partial charge >= 0.3 is 0 Å². The molecule has 1 rings (SSSR count). The fraction of sp³-hybridized carbons (Fsp3) is 0.600. The first-order valence-corrected chi connectivity index (χ1v) is 6.29. The van der Waals surface area contributed by atoms with Crippen molar-refractivity contribution in [2.75, 3.05) is 30.5 Å². The Hall–Kier alpha value is -0.920. The number of nitrogens with two attached hydrogens (primary N) is 1. The largest absolute Gasteiger partial charge is 0.396 e. The minimum Gasteiger partial charge on any atom is -0.396 e. The molecule has 1 aromatic heterocycles. The van der Waals surface area contributed by atoms with Crippen molar-refractivity contribution in [2.24, 2.45) is 5.84 Å². The van der Waals surface area contributed by atoms with E-state index in [0.29, 0.717) is 5.95 Å². The Morgan fingerprint density at radius 2 is 2.24 bits per heavy atom. The van der Waals surface area contributed by atoms with Gasteiger partial charge in [0, 0.05) is 26.4 Å². The van der Waals surface area contributed by atoms with Crippen molar-refractivity contribution in [2.45, 2.75) is 19.3 Å². The van der Waals surface area contributed by atoms with E-state index in [1.54, 1.807) is 6.20 Å². The fourth-order valence-electron chi connectivity index (χ4n) is 1.44. The van der Waals surface area contributed by atoms with Crippen molar-refractivity contribution in [3.05, 3.63) is 10.7 Å². The highest BCUT2D eigenvalue weighted by atomic mass is 79.9. The van der Waals surface area contributed by atoms with Gasteiger partial charge in [-0.2, -0.15) is 4.98 Å². The number of halogens is 1. The summed E-state index contributed by atoms with van der Waals surface area (Å²) in [5.41, 5.74) is 2.42. The number of aliphatic hydroxyl groups is 1. The minimum absolute atomic E-state index is 0.252. The average Bonchev–Trinajstić information content (AvgIpc) is 2.35. The number of rotatable bonds is 7. The molecule has 0 saturated heterocycles. The van der Waals surface area contributed by atoms with Crippen LogP contribution in [0.15, 0.2) is 10.7 Å². The van der Waals surface area contributed by atoms with E-state index in [4.69, 9.17) is 10.9 Å². The van der Waals surface area contributed by atoms with Crippen LogP contribution in [0.2, 0.25) is 0 Å². The molecule has 1 aromatic rings. The van der Waals surface area contributed by atoms with Crippen LogP contribution >= 0.6 is 15.9 Å². The molecule has 0 unspecified atom stereocenters. The number of nitrogen functional groups attached to an aromatic ring is 1. The summed E-state index contributed by atoms with van der Waals surface area (Å²) in [6.07, 6.45) is 4.53. The van der Waals surface area contributed by atoms with Crippen LogP contribution in [-0.2, 0) is 0 Å². The van der Waals surface area contributed by atoms with E-state index in [9.17, 15) is 0 Å². The third-order valence-electron chi connectivity index (χ3n) is 2.37. The molecule has 0 atom stereocenters. The van der Waals surface area contributed by atoms with Crippen LogP contribution in [0.1, 0.15) is 19.3 Å². The molecule has 0 amide bonds. The van der Waals surface area contributed by atoms with Gasteiger partial charge in [-0.1, -0.05) is 0 Å². The Morgan fingerprint density at radius 3 is 2.88 bits per heavy atom. The van der Waals surface area contributed by atoms with Crippen molar-refractivity contribution >= 4 is 27.7 Å². The maximum absolute atomic E-state index is 8.70. The molecule has 0 spiro atoms. The molecule has 0 fully saturated rings. The lowest BCUT2D eigenvalue weighted by Crippen LogP contribution is -2.21. The third-order valence-corrected chi connectivity index (χ3v) is 2.93. The minimum atomic E-state index is 0.252. The number of hydrogen-bond acceptors (Lipinski definition) is 6. The number of unbranched alkanes of at least 4 members (excludes halogenated alkanes) is 2. The van der Waals surface area contributed by atoms with Crippen LogP contribution in [-0.4, -0.2) is 35.3 Å². The van der Waals surface area contributed by atoms with E-state index < -0.39 is 0 Å². The topological polar surface area (TPSA) is 87.3 Å². The van der Waals surface area contributed by atoms with Crippen molar-refractivity contribution < 1.29 is 5.11 Å². The van der Waals surface area contributed by atoms with Crippen LogP contribution in [0, 0.1) is 0 Å². The molecule has 0 saturated carbocycles. The number of aliphatic hydroxyl groups excluding tert-OH is 1. The van der Waals surface area contributed by atoms with E-state index >= 15 is 0 Å². The monoisotopic (exact) mass is 303 g/mol. The van der Waals surface area contributed by atoms with Gasteiger partial charge in [-0.3, -0.25) is 5.43 Å². The predicted octanol–water partition coefficient (Wildman–Crippen LogP) is 1.12. The highest BCUT2D eigenvalue weighted by Gasteiger charge is 2.09. The second-order valence-electron chi connectivity index (χ2n) is 3.72. The summed E-state index contributed by atoms with van der Waals surface area (Å²) >= 11 is 3.41. The predicted molar refractivity (Wildman–Crippen MR) is 71.7 cm³/mol. The van der Waals surface area contributed by atoms with Crippen LogP contribution < -0.4 is 16.2 Å². The summed E-state index contributed by atoms with van der Waals surface area (Å²) in [5.74, 6) is 6.47. The summed E-state index contributed by atoms with van der Waals surface area (Å²) in [6, 6.07) is 0. The molecule has 0 radical (unpaired) electrons. The fourth-order valence-corrected chi connectivity index (χ4v) is 1.93. The zero-order valence-electron chi connectivity index (χ0n) is 9.86. The van der Waals surface area contributed by atoms with Crippen molar-refractivity contribution in [1.82, 2.24) is 9.97 Å². The Balaban J connectivity index is 2.57. The summed E-state index contributed by atoms with van der Waals surface area (Å²) < 4.78 is 0.834. The normalized spacial score (nSPS) is 10.4. The highest BCUT2D eigenvalue weighted by molar-refractivity contribution is 9.10. The summed E-state index contributed by atoms with van der Waals surface area (Å²) in [4.78, 5) is 10.3. The van der Waals surface area contributed by atoms with Gasteiger partial charge < -0.3 is 10.0 Å². The maximum Gasteiger partial charge on any atom is 0.239 e. The molecule has 0 aliphatic rings. The average molecular weight is 304 g/mol. The van der Waals surface area contributed by atoms with Crippen LogP contribution in [0.25, 0.3) is 0 Å². The number of anilines is 2. The van der Waals surface area contributed by atoms with Gasteiger partial charge in [0.25, 0.3) is 0 Å². The molecule has 17 heavy (non-hydrogen) atoms. The Bertz CT molecular complexity index is 349. The van der Waals surface area contributed by atoms with E-state index in [1.165, 1.54) is 0 Å². The summed E-state index contributed by atoms with van der Waals surface area (Å²) in [5, 5.41) is 8.70. The van der Waals surface area contributed by atoms with Gasteiger partial charge in [0.2, 0.25) is 5.95 Å². The Labute approximate surface area is 109 Å².